The van der Waals surface area contributed by atoms with Crippen LogP contribution in [0.3, 0.4) is 0 Å². The molecule has 23 heavy (non-hydrogen) atoms. The highest BCUT2D eigenvalue weighted by Crippen LogP contribution is 2.52. The van der Waals surface area contributed by atoms with E-state index in [-0.39, 0.29) is 17.8 Å². The van der Waals surface area contributed by atoms with E-state index < -0.39 is 23.4 Å². The number of halogens is 1. The first-order valence-electron chi connectivity index (χ1n) is 7.52. The van der Waals surface area contributed by atoms with E-state index in [0.29, 0.717) is 13.1 Å². The number of carbonyl (C=O) groups excluding carboxylic acids is 2. The zero-order chi connectivity index (χ0) is 16.2. The number of ether oxygens (including phenoxy) is 2. The number of fused-ring (bicyclic) bond motifs is 1. The molecule has 0 aliphatic carbocycles. The van der Waals surface area contributed by atoms with Crippen molar-refractivity contribution in [2.75, 3.05) is 13.7 Å². The van der Waals surface area contributed by atoms with E-state index in [4.69, 9.17) is 9.47 Å². The average Bonchev–Trinajstić information content (AvgIpc) is 3.18. The quantitative estimate of drug-likeness (QED) is 0.622. The molecule has 1 aromatic rings. The third-order valence-corrected chi connectivity index (χ3v) is 4.94. The van der Waals surface area contributed by atoms with Gasteiger partial charge in [0.2, 0.25) is 5.91 Å². The molecule has 2 saturated heterocycles. The number of nitrogens with zero attached hydrogens (tertiary/aromatic N) is 1. The molecule has 2 bridgehead atoms. The van der Waals surface area contributed by atoms with Crippen molar-refractivity contribution in [2.45, 2.75) is 18.2 Å². The van der Waals surface area contributed by atoms with Crippen LogP contribution in [0.4, 0.5) is 4.39 Å². The smallest absolute Gasteiger partial charge is 0.312 e. The number of amides is 1. The number of hydrogen-bond acceptors (Lipinski definition) is 4. The van der Waals surface area contributed by atoms with Gasteiger partial charge in [-0.05, 0) is 17.7 Å². The summed E-state index contributed by atoms with van der Waals surface area (Å²) < 4.78 is 23.8. The summed E-state index contributed by atoms with van der Waals surface area (Å²) in [7, 11) is 1.32. The SMILES string of the molecule is COC(=O)[C@@H]1[C@H]2C(=O)N(Cc3ccc(F)cc3)C[C@@]23C=C[C@H]1O3. The van der Waals surface area contributed by atoms with E-state index in [1.807, 2.05) is 12.2 Å². The predicted molar refractivity (Wildman–Crippen MR) is 77.6 cm³/mol. The lowest BCUT2D eigenvalue weighted by atomic mass is 9.77. The largest absolute Gasteiger partial charge is 0.469 e. The zero-order valence-electron chi connectivity index (χ0n) is 12.6. The molecule has 2 fully saturated rings. The summed E-state index contributed by atoms with van der Waals surface area (Å²) >= 11 is 0. The topological polar surface area (TPSA) is 55.8 Å². The van der Waals surface area contributed by atoms with Gasteiger partial charge < -0.3 is 14.4 Å². The number of likely N-dealkylation sites (tertiary alicyclic amines) is 1. The van der Waals surface area contributed by atoms with Gasteiger partial charge in [-0.3, -0.25) is 9.59 Å². The van der Waals surface area contributed by atoms with Gasteiger partial charge in [0.05, 0.1) is 25.7 Å². The maximum Gasteiger partial charge on any atom is 0.312 e. The molecule has 3 heterocycles. The molecule has 5 nitrogen and oxygen atoms in total. The highest BCUT2D eigenvalue weighted by Gasteiger charge is 2.67. The van der Waals surface area contributed by atoms with Gasteiger partial charge in [-0.15, -0.1) is 0 Å². The lowest BCUT2D eigenvalue weighted by Gasteiger charge is -2.22. The van der Waals surface area contributed by atoms with Crippen LogP contribution in [0.25, 0.3) is 0 Å². The van der Waals surface area contributed by atoms with Crippen molar-refractivity contribution >= 4 is 11.9 Å². The molecule has 120 valence electrons. The van der Waals surface area contributed by atoms with E-state index in [0.717, 1.165) is 5.56 Å². The summed E-state index contributed by atoms with van der Waals surface area (Å²) in [6.07, 6.45) is 3.35. The van der Waals surface area contributed by atoms with Crippen molar-refractivity contribution < 1.29 is 23.5 Å². The zero-order valence-corrected chi connectivity index (χ0v) is 12.6. The van der Waals surface area contributed by atoms with Gasteiger partial charge in [0.25, 0.3) is 0 Å². The van der Waals surface area contributed by atoms with Gasteiger partial charge in [-0.1, -0.05) is 24.3 Å². The maximum absolute atomic E-state index is 13.0. The third-order valence-electron chi connectivity index (χ3n) is 4.94. The predicted octanol–water partition coefficient (Wildman–Crippen LogP) is 1.28. The van der Waals surface area contributed by atoms with Crippen molar-refractivity contribution in [1.82, 2.24) is 4.90 Å². The molecular weight excluding hydrogens is 301 g/mol. The third kappa shape index (κ3) is 2.01. The van der Waals surface area contributed by atoms with Crippen molar-refractivity contribution in [3.05, 3.63) is 47.8 Å². The van der Waals surface area contributed by atoms with Crippen LogP contribution in [0.1, 0.15) is 5.56 Å². The maximum atomic E-state index is 13.0. The van der Waals surface area contributed by atoms with Crippen LogP contribution in [0.15, 0.2) is 36.4 Å². The van der Waals surface area contributed by atoms with E-state index >= 15 is 0 Å². The van der Waals surface area contributed by atoms with Crippen LogP contribution in [0.2, 0.25) is 0 Å². The Labute approximate surface area is 132 Å². The number of esters is 1. The van der Waals surface area contributed by atoms with Gasteiger partial charge >= 0.3 is 5.97 Å². The minimum Gasteiger partial charge on any atom is -0.469 e. The molecule has 0 aromatic heterocycles. The Bertz CT molecular complexity index is 701. The van der Waals surface area contributed by atoms with Gasteiger partial charge in [-0.25, -0.2) is 4.39 Å². The Hall–Kier alpha value is -2.21. The van der Waals surface area contributed by atoms with Crippen LogP contribution >= 0.6 is 0 Å². The Morgan fingerprint density at radius 2 is 2.17 bits per heavy atom. The van der Waals surface area contributed by atoms with Gasteiger partial charge in [0.15, 0.2) is 0 Å². The number of rotatable bonds is 3. The molecule has 6 heteroatoms. The molecule has 0 radical (unpaired) electrons. The standard InChI is InChI=1S/C17H16FNO4/c1-22-16(21)13-12-6-7-17(23-12)9-19(15(20)14(13)17)8-10-2-4-11(18)5-3-10/h2-7,12-14H,8-9H2,1H3/t12-,13+,14+,17+/m1/s1. The lowest BCUT2D eigenvalue weighted by molar-refractivity contribution is -0.151. The average molecular weight is 317 g/mol. The van der Waals surface area contributed by atoms with Gasteiger partial charge in [0, 0.05) is 6.54 Å². The van der Waals surface area contributed by atoms with E-state index in [9.17, 15) is 14.0 Å². The molecule has 0 unspecified atom stereocenters. The van der Waals surface area contributed by atoms with Gasteiger partial charge in [0.1, 0.15) is 17.3 Å². The molecule has 1 spiro atoms. The van der Waals surface area contributed by atoms with E-state index in [1.54, 1.807) is 17.0 Å². The summed E-state index contributed by atoms with van der Waals surface area (Å²) in [5.41, 5.74) is 0.102. The lowest BCUT2D eigenvalue weighted by Crippen LogP contribution is -2.39. The molecule has 3 aliphatic rings. The van der Waals surface area contributed by atoms with E-state index in [2.05, 4.69) is 0 Å². The number of methoxy groups -OCH3 is 1. The summed E-state index contributed by atoms with van der Waals surface area (Å²) in [6.45, 7) is 0.765. The Kier molecular flexibility index (Phi) is 3.06. The first-order chi connectivity index (χ1) is 11.0. The first-order valence-corrected chi connectivity index (χ1v) is 7.52. The molecule has 4 atom stereocenters. The molecule has 0 N–H and O–H groups in total. The summed E-state index contributed by atoms with van der Waals surface area (Å²) in [5.74, 6) is -1.96. The second kappa shape index (κ2) is 4.89. The summed E-state index contributed by atoms with van der Waals surface area (Å²) in [5, 5.41) is 0. The second-order valence-corrected chi connectivity index (χ2v) is 6.24. The van der Waals surface area contributed by atoms with Crippen molar-refractivity contribution in [3.63, 3.8) is 0 Å². The highest BCUT2D eigenvalue weighted by atomic mass is 19.1. The van der Waals surface area contributed by atoms with E-state index in [1.165, 1.54) is 19.2 Å². The number of benzene rings is 1. The van der Waals surface area contributed by atoms with Crippen LogP contribution in [0.5, 0.6) is 0 Å². The minimum absolute atomic E-state index is 0.114. The first kappa shape index (κ1) is 14.4. The number of carbonyl (C=O) groups is 2. The summed E-state index contributed by atoms with van der Waals surface area (Å²) in [4.78, 5) is 26.5. The Balaban J connectivity index is 1.60. The highest BCUT2D eigenvalue weighted by molar-refractivity contribution is 5.91. The van der Waals surface area contributed by atoms with Crippen molar-refractivity contribution in [1.29, 1.82) is 0 Å². The summed E-state index contributed by atoms with van der Waals surface area (Å²) in [6, 6.07) is 6.04. The fraction of sp³-hybridized carbons (Fsp3) is 0.412. The van der Waals surface area contributed by atoms with Crippen molar-refractivity contribution in [2.24, 2.45) is 11.8 Å². The fourth-order valence-corrected chi connectivity index (χ4v) is 3.93. The molecule has 0 saturated carbocycles. The molecule has 3 aliphatic heterocycles. The van der Waals surface area contributed by atoms with Crippen molar-refractivity contribution in [3.8, 4) is 0 Å². The van der Waals surface area contributed by atoms with Crippen LogP contribution in [-0.4, -0.2) is 42.1 Å². The monoisotopic (exact) mass is 317 g/mol. The fourth-order valence-electron chi connectivity index (χ4n) is 3.93. The molecule has 4 rings (SSSR count). The Morgan fingerprint density at radius 1 is 1.43 bits per heavy atom. The molecule has 1 aromatic carbocycles. The Morgan fingerprint density at radius 3 is 2.87 bits per heavy atom. The molecular formula is C17H16FNO4. The van der Waals surface area contributed by atoms with Crippen LogP contribution < -0.4 is 0 Å². The minimum atomic E-state index is -0.735. The molecule has 1 amide bonds. The van der Waals surface area contributed by atoms with Crippen LogP contribution in [-0.2, 0) is 25.6 Å². The normalized spacial score (nSPS) is 34.1. The number of hydrogen-bond donors (Lipinski definition) is 0. The van der Waals surface area contributed by atoms with Gasteiger partial charge in [-0.2, -0.15) is 0 Å². The van der Waals surface area contributed by atoms with Crippen LogP contribution in [0, 0.1) is 17.7 Å². The second-order valence-electron chi connectivity index (χ2n) is 6.24.